The maximum Gasteiger partial charge on any atom is 0.0747 e. The summed E-state index contributed by atoms with van der Waals surface area (Å²) in [6.45, 7) is 3.97. The van der Waals surface area contributed by atoms with Gasteiger partial charge >= 0.3 is 0 Å². The molecule has 1 saturated carbocycles. The van der Waals surface area contributed by atoms with E-state index in [4.69, 9.17) is 5.73 Å². The Bertz CT molecular complexity index is 135. The highest BCUT2D eigenvalue weighted by atomic mass is 16.3. The van der Waals surface area contributed by atoms with Crippen LogP contribution in [0.15, 0.2) is 0 Å². The largest absolute Gasteiger partial charge is 0.392 e. The second kappa shape index (κ2) is 3.73. The van der Waals surface area contributed by atoms with E-state index < -0.39 is 12.2 Å². The molecule has 3 heteroatoms. The van der Waals surface area contributed by atoms with E-state index in [2.05, 4.69) is 0 Å². The molecule has 0 aromatic carbocycles. The summed E-state index contributed by atoms with van der Waals surface area (Å²) in [6, 6.07) is -0.241. The van der Waals surface area contributed by atoms with Gasteiger partial charge in [-0.05, 0) is 12.8 Å². The minimum atomic E-state index is -0.519. The second-order valence-electron chi connectivity index (χ2n) is 3.70. The first-order valence-electron chi connectivity index (χ1n) is 4.75. The van der Waals surface area contributed by atoms with Crippen LogP contribution >= 0.6 is 0 Å². The lowest BCUT2D eigenvalue weighted by Gasteiger charge is -2.17. The Morgan fingerprint density at radius 3 is 1.75 bits per heavy atom. The fourth-order valence-corrected chi connectivity index (χ4v) is 2.28. The number of aliphatic hydroxyl groups is 2. The molecule has 0 radical (unpaired) electrons. The van der Waals surface area contributed by atoms with Crippen LogP contribution in [-0.2, 0) is 0 Å². The van der Waals surface area contributed by atoms with Gasteiger partial charge in [-0.2, -0.15) is 0 Å². The molecule has 0 saturated heterocycles. The Labute approximate surface area is 73.6 Å². The average Bonchev–Trinajstić information content (AvgIpc) is 2.25. The van der Waals surface area contributed by atoms with E-state index >= 15 is 0 Å². The minimum Gasteiger partial charge on any atom is -0.392 e. The highest BCUT2D eigenvalue weighted by Crippen LogP contribution is 2.34. The normalized spacial score (nSPS) is 48.2. The third kappa shape index (κ3) is 1.37. The Kier molecular flexibility index (Phi) is 3.09. The van der Waals surface area contributed by atoms with Crippen LogP contribution in [0, 0.1) is 11.8 Å². The van der Waals surface area contributed by atoms with Crippen molar-refractivity contribution in [1.82, 2.24) is 0 Å². The summed E-state index contributed by atoms with van der Waals surface area (Å²) in [7, 11) is 0. The summed E-state index contributed by atoms with van der Waals surface area (Å²) in [5, 5.41) is 19.4. The molecule has 3 nitrogen and oxygen atoms in total. The SMILES string of the molecule is CCC1C(N)[C@H](O)C(CC)[C@@H]1O. The molecule has 0 aromatic heterocycles. The van der Waals surface area contributed by atoms with Crippen molar-refractivity contribution in [3.8, 4) is 0 Å². The molecule has 0 heterocycles. The molecule has 1 fully saturated rings. The number of nitrogens with two attached hydrogens (primary N) is 1. The van der Waals surface area contributed by atoms with Gasteiger partial charge in [-0.15, -0.1) is 0 Å². The number of aliphatic hydroxyl groups excluding tert-OH is 2. The van der Waals surface area contributed by atoms with Crippen LogP contribution in [0.5, 0.6) is 0 Å². The average molecular weight is 173 g/mol. The predicted octanol–water partition coefficient (Wildman–Crippen LogP) is 0.101. The smallest absolute Gasteiger partial charge is 0.0747 e. The van der Waals surface area contributed by atoms with Crippen molar-refractivity contribution in [2.24, 2.45) is 17.6 Å². The van der Waals surface area contributed by atoms with Crippen molar-refractivity contribution in [3.63, 3.8) is 0 Å². The third-order valence-electron chi connectivity index (χ3n) is 3.15. The molecule has 0 spiro atoms. The zero-order valence-corrected chi connectivity index (χ0v) is 7.77. The standard InChI is InChI=1S/C9H19NO2/c1-3-5-7(10)9(12)6(4-2)8(5)11/h5-9,11-12H,3-4,10H2,1-2H3/t5?,6?,7?,8-,9-/m1/s1. The fraction of sp³-hybridized carbons (Fsp3) is 1.00. The van der Waals surface area contributed by atoms with Gasteiger partial charge in [-0.25, -0.2) is 0 Å². The fourth-order valence-electron chi connectivity index (χ4n) is 2.28. The second-order valence-corrected chi connectivity index (χ2v) is 3.70. The van der Waals surface area contributed by atoms with Gasteiger partial charge in [0, 0.05) is 17.9 Å². The number of hydrogen-bond acceptors (Lipinski definition) is 3. The lowest BCUT2D eigenvalue weighted by molar-refractivity contribution is 0.0504. The molecular formula is C9H19NO2. The van der Waals surface area contributed by atoms with Gasteiger partial charge in [-0.3, -0.25) is 0 Å². The molecule has 1 rings (SSSR count). The third-order valence-corrected chi connectivity index (χ3v) is 3.15. The predicted molar refractivity (Wildman–Crippen MR) is 47.6 cm³/mol. The summed E-state index contributed by atoms with van der Waals surface area (Å²) in [5.74, 6) is 0.0508. The molecule has 5 atom stereocenters. The van der Waals surface area contributed by atoms with Crippen LogP contribution in [0.3, 0.4) is 0 Å². The van der Waals surface area contributed by atoms with Crippen molar-refractivity contribution >= 4 is 0 Å². The van der Waals surface area contributed by atoms with E-state index in [1.54, 1.807) is 0 Å². The first-order valence-corrected chi connectivity index (χ1v) is 4.75. The molecule has 1 aliphatic rings. The summed E-state index contributed by atoms with van der Waals surface area (Å²) < 4.78 is 0. The Morgan fingerprint density at radius 2 is 1.50 bits per heavy atom. The summed E-state index contributed by atoms with van der Waals surface area (Å²) in [5.41, 5.74) is 5.78. The van der Waals surface area contributed by atoms with E-state index in [0.717, 1.165) is 12.8 Å². The monoisotopic (exact) mass is 173 g/mol. The van der Waals surface area contributed by atoms with Crippen molar-refractivity contribution in [3.05, 3.63) is 0 Å². The molecular weight excluding hydrogens is 154 g/mol. The van der Waals surface area contributed by atoms with Crippen LogP contribution in [0.1, 0.15) is 26.7 Å². The Hall–Kier alpha value is -0.120. The molecule has 0 amide bonds. The van der Waals surface area contributed by atoms with Gasteiger partial charge in [0.05, 0.1) is 12.2 Å². The van der Waals surface area contributed by atoms with Gasteiger partial charge in [0.1, 0.15) is 0 Å². The Morgan fingerprint density at radius 1 is 1.00 bits per heavy atom. The first kappa shape index (κ1) is 9.96. The Balaban J connectivity index is 2.71. The molecule has 4 N–H and O–H groups in total. The van der Waals surface area contributed by atoms with Crippen LogP contribution < -0.4 is 5.73 Å². The van der Waals surface area contributed by atoms with Crippen LogP contribution in [0.2, 0.25) is 0 Å². The van der Waals surface area contributed by atoms with Gasteiger partial charge in [-0.1, -0.05) is 13.8 Å². The zero-order valence-electron chi connectivity index (χ0n) is 7.77. The number of hydrogen-bond donors (Lipinski definition) is 3. The van der Waals surface area contributed by atoms with Gasteiger partial charge in [0.25, 0.3) is 0 Å². The highest BCUT2D eigenvalue weighted by molar-refractivity contribution is 4.98. The van der Waals surface area contributed by atoms with Crippen LogP contribution in [-0.4, -0.2) is 28.5 Å². The van der Waals surface area contributed by atoms with Crippen molar-refractivity contribution < 1.29 is 10.2 Å². The molecule has 12 heavy (non-hydrogen) atoms. The molecule has 0 aromatic rings. The highest BCUT2D eigenvalue weighted by Gasteiger charge is 2.45. The lowest BCUT2D eigenvalue weighted by atomic mass is 9.96. The molecule has 72 valence electrons. The van der Waals surface area contributed by atoms with Gasteiger partial charge in [0.15, 0.2) is 0 Å². The summed E-state index contributed by atoms with van der Waals surface area (Å²) in [4.78, 5) is 0. The van der Waals surface area contributed by atoms with E-state index in [1.807, 2.05) is 13.8 Å². The quantitative estimate of drug-likeness (QED) is 0.555. The van der Waals surface area contributed by atoms with Crippen LogP contribution in [0.4, 0.5) is 0 Å². The van der Waals surface area contributed by atoms with Crippen molar-refractivity contribution in [1.29, 1.82) is 0 Å². The minimum absolute atomic E-state index is 0.0232. The van der Waals surface area contributed by atoms with E-state index in [0.29, 0.717) is 0 Å². The molecule has 3 unspecified atom stereocenters. The van der Waals surface area contributed by atoms with E-state index in [9.17, 15) is 10.2 Å². The maximum absolute atomic E-state index is 9.75. The zero-order chi connectivity index (χ0) is 9.30. The van der Waals surface area contributed by atoms with Crippen LogP contribution in [0.25, 0.3) is 0 Å². The topological polar surface area (TPSA) is 66.5 Å². The summed E-state index contributed by atoms with van der Waals surface area (Å²) in [6.07, 6.45) is 0.711. The number of rotatable bonds is 2. The first-order chi connectivity index (χ1) is 5.63. The van der Waals surface area contributed by atoms with Gasteiger partial charge in [0.2, 0.25) is 0 Å². The van der Waals surface area contributed by atoms with Crippen molar-refractivity contribution in [2.45, 2.75) is 44.9 Å². The van der Waals surface area contributed by atoms with Gasteiger partial charge < -0.3 is 15.9 Å². The van der Waals surface area contributed by atoms with E-state index in [-0.39, 0.29) is 17.9 Å². The molecule has 0 aliphatic heterocycles. The maximum atomic E-state index is 9.75. The molecule has 0 bridgehead atoms. The lowest BCUT2D eigenvalue weighted by Crippen LogP contribution is -2.36. The summed E-state index contributed by atoms with van der Waals surface area (Å²) >= 11 is 0. The van der Waals surface area contributed by atoms with E-state index in [1.165, 1.54) is 0 Å². The molecule has 1 aliphatic carbocycles. The van der Waals surface area contributed by atoms with Crippen molar-refractivity contribution in [2.75, 3.05) is 0 Å².